The number of aryl methyl sites for hydroxylation is 1. The summed E-state index contributed by atoms with van der Waals surface area (Å²) in [5.74, 6) is 0.509. The second kappa shape index (κ2) is 5.37. The molecule has 0 spiro atoms. The summed E-state index contributed by atoms with van der Waals surface area (Å²) in [4.78, 5) is 9.15. The van der Waals surface area contributed by atoms with Crippen LogP contribution in [-0.2, 0) is 0 Å². The number of rotatable bonds is 2. The fraction of sp³-hybridized carbons (Fsp3) is 0.278. The van der Waals surface area contributed by atoms with E-state index in [2.05, 4.69) is 35.4 Å². The van der Waals surface area contributed by atoms with Crippen molar-refractivity contribution in [3.8, 4) is 11.1 Å². The number of pyridine rings is 1. The third-order valence-corrected chi connectivity index (χ3v) is 4.40. The average molecular weight is 290 g/mol. The van der Waals surface area contributed by atoms with Crippen molar-refractivity contribution in [2.75, 3.05) is 0 Å². The molecule has 110 valence electrons. The van der Waals surface area contributed by atoms with Gasteiger partial charge in [0.05, 0.1) is 11.9 Å². The van der Waals surface area contributed by atoms with Crippen LogP contribution in [-0.4, -0.2) is 19.6 Å². The third-order valence-electron chi connectivity index (χ3n) is 4.40. The first-order valence-electron chi connectivity index (χ1n) is 7.73. The van der Waals surface area contributed by atoms with Gasteiger partial charge in [-0.2, -0.15) is 5.10 Å². The first kappa shape index (κ1) is 13.2. The van der Waals surface area contributed by atoms with Gasteiger partial charge in [0.15, 0.2) is 5.65 Å². The summed E-state index contributed by atoms with van der Waals surface area (Å²) < 4.78 is 1.90. The number of hydrogen-bond acceptors (Lipinski definition) is 3. The maximum Gasteiger partial charge on any atom is 0.161 e. The molecule has 0 radical (unpaired) electrons. The van der Waals surface area contributed by atoms with Gasteiger partial charge in [0.2, 0.25) is 0 Å². The summed E-state index contributed by atoms with van der Waals surface area (Å²) >= 11 is 0. The highest BCUT2D eigenvalue weighted by Gasteiger charge is 2.18. The number of aromatic nitrogens is 4. The van der Waals surface area contributed by atoms with Crippen LogP contribution in [0.15, 0.2) is 49.1 Å². The van der Waals surface area contributed by atoms with Crippen LogP contribution in [0.3, 0.4) is 0 Å². The lowest BCUT2D eigenvalue weighted by atomic mass is 9.92. The molecule has 0 amide bonds. The Morgan fingerprint density at radius 1 is 1.14 bits per heavy atom. The van der Waals surface area contributed by atoms with Gasteiger partial charge in [0.1, 0.15) is 0 Å². The maximum absolute atomic E-state index is 4.89. The van der Waals surface area contributed by atoms with Gasteiger partial charge in [0.25, 0.3) is 0 Å². The van der Waals surface area contributed by atoms with Crippen LogP contribution in [0, 0.1) is 6.92 Å². The van der Waals surface area contributed by atoms with Crippen molar-refractivity contribution in [2.24, 2.45) is 0 Å². The highest BCUT2D eigenvalue weighted by Crippen LogP contribution is 2.31. The van der Waals surface area contributed by atoms with Gasteiger partial charge in [-0.05, 0) is 43.9 Å². The number of imidazole rings is 1. The number of fused-ring (bicyclic) bond motifs is 1. The van der Waals surface area contributed by atoms with E-state index >= 15 is 0 Å². The van der Waals surface area contributed by atoms with Crippen LogP contribution in [0.5, 0.6) is 0 Å². The quantitative estimate of drug-likeness (QED) is 0.672. The van der Waals surface area contributed by atoms with Crippen molar-refractivity contribution in [1.29, 1.82) is 0 Å². The largest absolute Gasteiger partial charge is 0.264 e. The van der Waals surface area contributed by atoms with Crippen LogP contribution in [0.1, 0.15) is 36.4 Å². The van der Waals surface area contributed by atoms with Crippen LogP contribution in [0.25, 0.3) is 16.8 Å². The van der Waals surface area contributed by atoms with Gasteiger partial charge >= 0.3 is 0 Å². The molecule has 0 fully saturated rings. The van der Waals surface area contributed by atoms with Crippen LogP contribution in [0.4, 0.5) is 0 Å². The fourth-order valence-corrected chi connectivity index (χ4v) is 3.13. The molecule has 1 aliphatic carbocycles. The van der Waals surface area contributed by atoms with Crippen molar-refractivity contribution in [3.63, 3.8) is 0 Å². The molecule has 0 N–H and O–H groups in total. The molecule has 0 bridgehead atoms. The molecule has 22 heavy (non-hydrogen) atoms. The smallest absolute Gasteiger partial charge is 0.161 e. The average Bonchev–Trinajstić information content (AvgIpc) is 3.00. The summed E-state index contributed by atoms with van der Waals surface area (Å²) in [6, 6.07) is 4.05. The highest BCUT2D eigenvalue weighted by atomic mass is 15.2. The Balaban J connectivity index is 1.85. The van der Waals surface area contributed by atoms with E-state index in [1.807, 2.05) is 35.2 Å². The second-order valence-corrected chi connectivity index (χ2v) is 5.85. The summed E-state index contributed by atoms with van der Waals surface area (Å²) in [7, 11) is 0. The molecular formula is C18H18N4. The zero-order valence-electron chi connectivity index (χ0n) is 12.6. The molecule has 0 aromatic carbocycles. The molecule has 4 nitrogen and oxygen atoms in total. The number of hydrogen-bond donors (Lipinski definition) is 0. The van der Waals surface area contributed by atoms with E-state index in [4.69, 9.17) is 4.98 Å². The second-order valence-electron chi connectivity index (χ2n) is 5.85. The molecule has 0 aliphatic heterocycles. The normalized spacial score (nSPS) is 18.0. The topological polar surface area (TPSA) is 43.1 Å². The Kier molecular flexibility index (Phi) is 3.22. The van der Waals surface area contributed by atoms with E-state index in [0.29, 0.717) is 5.92 Å². The van der Waals surface area contributed by atoms with Crippen molar-refractivity contribution >= 4 is 5.65 Å². The third kappa shape index (κ3) is 2.21. The standard InChI is InChI=1S/C18H18N4/c1-13-7-9-19-11-16(13)15-8-10-20-22-12-17(21-18(15)22)14-5-3-2-4-6-14/h2-3,7-12,14H,4-6H2,1H3. The Hall–Kier alpha value is -2.49. The van der Waals surface area contributed by atoms with E-state index in [-0.39, 0.29) is 0 Å². The lowest BCUT2D eigenvalue weighted by molar-refractivity contribution is 0.604. The lowest BCUT2D eigenvalue weighted by Gasteiger charge is -2.14. The molecule has 0 saturated carbocycles. The van der Waals surface area contributed by atoms with Crippen LogP contribution in [0.2, 0.25) is 0 Å². The van der Waals surface area contributed by atoms with Gasteiger partial charge < -0.3 is 0 Å². The molecule has 4 rings (SSSR count). The Labute approximate surface area is 129 Å². The van der Waals surface area contributed by atoms with Crippen molar-refractivity contribution in [3.05, 3.63) is 60.3 Å². The first-order chi connectivity index (χ1) is 10.8. The monoisotopic (exact) mass is 290 g/mol. The van der Waals surface area contributed by atoms with E-state index in [0.717, 1.165) is 35.3 Å². The minimum Gasteiger partial charge on any atom is -0.264 e. The molecule has 3 aromatic heterocycles. The molecular weight excluding hydrogens is 272 g/mol. The Bertz CT molecular complexity index is 847. The van der Waals surface area contributed by atoms with Gasteiger partial charge in [-0.15, -0.1) is 0 Å². The fourth-order valence-electron chi connectivity index (χ4n) is 3.13. The Morgan fingerprint density at radius 2 is 2.09 bits per heavy atom. The maximum atomic E-state index is 4.89. The van der Waals surface area contributed by atoms with Gasteiger partial charge in [-0.3, -0.25) is 4.98 Å². The van der Waals surface area contributed by atoms with Gasteiger partial charge in [-0.25, -0.2) is 9.50 Å². The lowest BCUT2D eigenvalue weighted by Crippen LogP contribution is -2.00. The van der Waals surface area contributed by atoms with Crippen LogP contribution >= 0.6 is 0 Å². The van der Waals surface area contributed by atoms with E-state index in [1.165, 1.54) is 12.0 Å². The Morgan fingerprint density at radius 3 is 2.91 bits per heavy atom. The predicted octanol–water partition coefficient (Wildman–Crippen LogP) is 3.92. The minimum atomic E-state index is 0.509. The summed E-state index contributed by atoms with van der Waals surface area (Å²) in [5, 5.41) is 4.43. The molecule has 0 saturated heterocycles. The van der Waals surface area contributed by atoms with Gasteiger partial charge in [-0.1, -0.05) is 12.2 Å². The van der Waals surface area contributed by atoms with Crippen molar-refractivity contribution < 1.29 is 0 Å². The van der Waals surface area contributed by atoms with Crippen LogP contribution < -0.4 is 0 Å². The van der Waals surface area contributed by atoms with Crippen molar-refractivity contribution in [2.45, 2.75) is 32.1 Å². The molecule has 1 aliphatic rings. The minimum absolute atomic E-state index is 0.509. The number of nitrogens with zero attached hydrogens (tertiary/aromatic N) is 4. The number of allylic oxidation sites excluding steroid dienone is 2. The summed E-state index contributed by atoms with van der Waals surface area (Å²) in [5.41, 5.74) is 5.48. The molecule has 3 aromatic rings. The predicted molar refractivity (Wildman–Crippen MR) is 86.7 cm³/mol. The molecule has 1 atom stereocenters. The molecule has 1 unspecified atom stereocenters. The van der Waals surface area contributed by atoms with Crippen molar-refractivity contribution in [1.82, 2.24) is 19.6 Å². The summed E-state index contributed by atoms with van der Waals surface area (Å²) in [6.07, 6.45) is 15.5. The van der Waals surface area contributed by atoms with E-state index < -0.39 is 0 Å². The zero-order valence-corrected chi connectivity index (χ0v) is 12.6. The SMILES string of the molecule is Cc1ccncc1-c1ccnn2cc(C3CC=CCC3)nc12. The summed E-state index contributed by atoms with van der Waals surface area (Å²) in [6.45, 7) is 2.10. The van der Waals surface area contributed by atoms with Gasteiger partial charge in [0, 0.05) is 35.6 Å². The first-order valence-corrected chi connectivity index (χ1v) is 7.73. The molecule has 4 heteroatoms. The highest BCUT2D eigenvalue weighted by molar-refractivity contribution is 5.78. The van der Waals surface area contributed by atoms with E-state index in [1.54, 1.807) is 0 Å². The molecule has 3 heterocycles. The van der Waals surface area contributed by atoms with E-state index in [9.17, 15) is 0 Å². The zero-order chi connectivity index (χ0) is 14.9.